The minimum Gasteiger partial charge on any atom is -0.449 e. The van der Waals surface area contributed by atoms with Gasteiger partial charge in [0.15, 0.2) is 6.10 Å². The number of amides is 1. The van der Waals surface area contributed by atoms with Gasteiger partial charge in [0.1, 0.15) is 5.82 Å². The topological polar surface area (TPSA) is 46.6 Å². The predicted octanol–water partition coefficient (Wildman–Crippen LogP) is 4.27. The fraction of sp³-hybridized carbons (Fsp3) is 0.222. The highest BCUT2D eigenvalue weighted by molar-refractivity contribution is 6.36. The number of hydrogen-bond donors (Lipinski definition) is 0. The number of esters is 1. The van der Waals surface area contributed by atoms with Crippen LogP contribution in [0.25, 0.3) is 0 Å². The highest BCUT2D eigenvalue weighted by atomic mass is 35.5. The van der Waals surface area contributed by atoms with Crippen molar-refractivity contribution in [3.63, 3.8) is 0 Å². The van der Waals surface area contributed by atoms with Crippen LogP contribution in [0.2, 0.25) is 10.0 Å². The van der Waals surface area contributed by atoms with Crippen molar-refractivity contribution < 1.29 is 18.7 Å². The van der Waals surface area contributed by atoms with E-state index in [4.69, 9.17) is 27.9 Å². The maximum atomic E-state index is 13.6. The highest BCUT2D eigenvalue weighted by Crippen LogP contribution is 2.29. The lowest BCUT2D eigenvalue weighted by Crippen LogP contribution is -2.39. The quantitative estimate of drug-likeness (QED) is 0.589. The van der Waals surface area contributed by atoms with Gasteiger partial charge in [-0.05, 0) is 37.1 Å². The Balaban J connectivity index is 1.74. The molecule has 1 heterocycles. The number of hydrogen-bond acceptors (Lipinski definition) is 3. The maximum Gasteiger partial charge on any atom is 0.340 e. The first kappa shape index (κ1) is 17.7. The number of para-hydroxylation sites is 1. The molecule has 7 heteroatoms. The van der Waals surface area contributed by atoms with Crippen molar-refractivity contribution in [3.05, 3.63) is 63.4 Å². The second-order valence-corrected chi connectivity index (χ2v) is 6.48. The summed E-state index contributed by atoms with van der Waals surface area (Å²) in [5, 5.41) is -0.234. The average Bonchev–Trinajstić information content (AvgIpc) is 3.01. The molecule has 4 nitrogen and oxygen atoms in total. The Labute approximate surface area is 154 Å². The van der Waals surface area contributed by atoms with Crippen LogP contribution >= 0.6 is 23.2 Å². The van der Waals surface area contributed by atoms with Crippen LogP contribution in [0.5, 0.6) is 0 Å². The van der Waals surface area contributed by atoms with Crippen LogP contribution in [0.1, 0.15) is 22.8 Å². The summed E-state index contributed by atoms with van der Waals surface area (Å²) >= 11 is 11.5. The molecular weight excluding hydrogens is 368 g/mol. The van der Waals surface area contributed by atoms with Crippen LogP contribution in [-0.4, -0.2) is 24.5 Å². The van der Waals surface area contributed by atoms with E-state index >= 15 is 0 Å². The van der Waals surface area contributed by atoms with Crippen molar-refractivity contribution >= 4 is 40.8 Å². The first-order chi connectivity index (χ1) is 11.9. The summed E-state index contributed by atoms with van der Waals surface area (Å²) in [6, 6.07) is 9.58. The lowest BCUT2D eigenvalue weighted by Gasteiger charge is -2.22. The van der Waals surface area contributed by atoms with Gasteiger partial charge in [-0.2, -0.15) is 0 Å². The molecule has 0 unspecified atom stereocenters. The number of halogens is 3. The minimum absolute atomic E-state index is 0.0393. The van der Waals surface area contributed by atoms with Gasteiger partial charge in [-0.1, -0.05) is 41.4 Å². The fourth-order valence-electron chi connectivity index (χ4n) is 2.74. The summed E-state index contributed by atoms with van der Waals surface area (Å²) in [6.07, 6.45) is -0.287. The molecule has 130 valence electrons. The van der Waals surface area contributed by atoms with Crippen LogP contribution in [0, 0.1) is 5.82 Å². The van der Waals surface area contributed by atoms with Crippen LogP contribution in [0.15, 0.2) is 36.4 Å². The van der Waals surface area contributed by atoms with Crippen LogP contribution in [0.3, 0.4) is 0 Å². The Morgan fingerprint density at radius 3 is 2.68 bits per heavy atom. The highest BCUT2D eigenvalue weighted by Gasteiger charge is 2.30. The van der Waals surface area contributed by atoms with Gasteiger partial charge in [0.2, 0.25) is 0 Å². The predicted molar refractivity (Wildman–Crippen MR) is 93.8 cm³/mol. The Morgan fingerprint density at radius 1 is 1.20 bits per heavy atom. The van der Waals surface area contributed by atoms with Crippen LogP contribution < -0.4 is 4.90 Å². The number of anilines is 1. The van der Waals surface area contributed by atoms with Gasteiger partial charge >= 0.3 is 5.97 Å². The van der Waals surface area contributed by atoms with Crippen molar-refractivity contribution in [2.45, 2.75) is 19.4 Å². The SMILES string of the molecule is C[C@H](OC(=O)c1cc(F)c(Cl)cc1Cl)C(=O)N1CCc2ccccc21. The molecule has 2 aromatic rings. The molecule has 1 aliphatic heterocycles. The molecule has 25 heavy (non-hydrogen) atoms. The fourth-order valence-corrected chi connectivity index (χ4v) is 3.20. The number of fused-ring (bicyclic) bond motifs is 1. The lowest BCUT2D eigenvalue weighted by molar-refractivity contribution is -0.126. The van der Waals surface area contributed by atoms with Gasteiger partial charge in [-0.15, -0.1) is 0 Å². The van der Waals surface area contributed by atoms with Gasteiger partial charge in [-0.3, -0.25) is 4.79 Å². The molecular formula is C18H14Cl2FNO3. The second kappa shape index (κ2) is 7.02. The molecule has 1 amide bonds. The largest absolute Gasteiger partial charge is 0.449 e. The third-order valence-electron chi connectivity index (χ3n) is 4.01. The van der Waals surface area contributed by atoms with Crippen molar-refractivity contribution in [3.8, 4) is 0 Å². The number of rotatable bonds is 3. The average molecular weight is 382 g/mol. The molecule has 2 aromatic carbocycles. The first-order valence-electron chi connectivity index (χ1n) is 7.63. The van der Waals surface area contributed by atoms with Crippen molar-refractivity contribution in [2.24, 2.45) is 0 Å². The standard InChI is InChI=1S/C18H14Cl2FNO3/c1-10(17(23)22-7-6-11-4-2-3-5-16(11)22)25-18(24)12-8-15(21)14(20)9-13(12)19/h2-5,8-10H,6-7H2,1H3/t10-/m0/s1. The zero-order valence-corrected chi connectivity index (χ0v) is 14.8. The van der Waals surface area contributed by atoms with E-state index in [9.17, 15) is 14.0 Å². The molecule has 0 radical (unpaired) electrons. The van der Waals surface area contributed by atoms with Crippen molar-refractivity contribution in [2.75, 3.05) is 11.4 Å². The third kappa shape index (κ3) is 3.48. The molecule has 0 aliphatic carbocycles. The molecule has 3 rings (SSSR count). The molecule has 0 N–H and O–H groups in total. The summed E-state index contributed by atoms with van der Waals surface area (Å²) < 4.78 is 18.7. The summed E-state index contributed by atoms with van der Waals surface area (Å²) in [4.78, 5) is 26.4. The number of benzene rings is 2. The Kier molecular flexibility index (Phi) is 4.97. The summed E-state index contributed by atoms with van der Waals surface area (Å²) in [6.45, 7) is 2.00. The van der Waals surface area contributed by atoms with Gasteiger partial charge in [-0.25, -0.2) is 9.18 Å². The summed E-state index contributed by atoms with van der Waals surface area (Å²) in [5.74, 6) is -2.01. The van der Waals surface area contributed by atoms with E-state index in [1.54, 1.807) is 4.90 Å². The maximum absolute atomic E-state index is 13.6. The van der Waals surface area contributed by atoms with E-state index in [-0.39, 0.29) is 21.5 Å². The normalized spacial score (nSPS) is 14.2. The Bertz CT molecular complexity index is 856. The monoisotopic (exact) mass is 381 g/mol. The van der Waals surface area contributed by atoms with Crippen LogP contribution in [0.4, 0.5) is 10.1 Å². The summed E-state index contributed by atoms with van der Waals surface area (Å²) in [5.41, 5.74) is 1.70. The zero-order valence-electron chi connectivity index (χ0n) is 13.3. The molecule has 1 aliphatic rings. The molecule has 0 saturated carbocycles. The van der Waals surface area contributed by atoms with Gasteiger partial charge in [0.05, 0.1) is 15.6 Å². The number of carbonyl (C=O) groups excluding carboxylic acids is 2. The lowest BCUT2D eigenvalue weighted by atomic mass is 10.2. The molecule has 0 saturated heterocycles. The van der Waals surface area contributed by atoms with E-state index in [1.807, 2.05) is 24.3 Å². The van der Waals surface area contributed by atoms with E-state index in [2.05, 4.69) is 0 Å². The smallest absolute Gasteiger partial charge is 0.340 e. The van der Waals surface area contributed by atoms with E-state index in [1.165, 1.54) is 6.92 Å². The number of carbonyl (C=O) groups is 2. The molecule has 0 fully saturated rings. The molecule has 0 aromatic heterocycles. The van der Waals surface area contributed by atoms with Crippen LogP contribution in [-0.2, 0) is 16.0 Å². The van der Waals surface area contributed by atoms with Crippen molar-refractivity contribution in [1.29, 1.82) is 0 Å². The Hall–Kier alpha value is -2.11. The molecule has 0 spiro atoms. The number of ether oxygens (including phenoxy) is 1. The zero-order chi connectivity index (χ0) is 18.1. The Morgan fingerprint density at radius 2 is 1.92 bits per heavy atom. The van der Waals surface area contributed by atoms with E-state index in [0.717, 1.165) is 29.8 Å². The second-order valence-electron chi connectivity index (χ2n) is 5.66. The van der Waals surface area contributed by atoms with Gasteiger partial charge < -0.3 is 9.64 Å². The van der Waals surface area contributed by atoms with Gasteiger partial charge in [0, 0.05) is 12.2 Å². The van der Waals surface area contributed by atoms with E-state index < -0.39 is 17.9 Å². The van der Waals surface area contributed by atoms with Crippen molar-refractivity contribution in [1.82, 2.24) is 0 Å². The molecule has 1 atom stereocenters. The van der Waals surface area contributed by atoms with Gasteiger partial charge in [0.25, 0.3) is 5.91 Å². The third-order valence-corrected chi connectivity index (χ3v) is 4.62. The minimum atomic E-state index is -1.03. The summed E-state index contributed by atoms with van der Waals surface area (Å²) in [7, 11) is 0. The van der Waals surface area contributed by atoms with E-state index in [0.29, 0.717) is 6.54 Å². The molecule has 0 bridgehead atoms. The number of nitrogens with zero attached hydrogens (tertiary/aromatic N) is 1. The first-order valence-corrected chi connectivity index (χ1v) is 8.39.